The van der Waals surface area contributed by atoms with E-state index in [4.69, 9.17) is 0 Å². The highest BCUT2D eigenvalue weighted by atomic mass is 16.2. The summed E-state index contributed by atoms with van der Waals surface area (Å²) < 4.78 is 0. The van der Waals surface area contributed by atoms with E-state index < -0.39 is 0 Å². The van der Waals surface area contributed by atoms with Gasteiger partial charge in [-0.1, -0.05) is 41.5 Å². The number of likely N-dealkylation sites (N-methyl/N-ethyl adjacent to an activating group) is 1. The second kappa shape index (κ2) is 11.1. The predicted molar refractivity (Wildman–Crippen MR) is 84.6 cm³/mol. The molecule has 0 aromatic rings. The monoisotopic (exact) mass is 273 g/mol. The lowest BCUT2D eigenvalue weighted by Gasteiger charge is -2.43. The van der Waals surface area contributed by atoms with Crippen molar-refractivity contribution in [3.8, 4) is 0 Å². The number of urea groups is 1. The van der Waals surface area contributed by atoms with Gasteiger partial charge in [-0.3, -0.25) is 0 Å². The van der Waals surface area contributed by atoms with Crippen molar-refractivity contribution in [3.63, 3.8) is 0 Å². The molecule has 4 nitrogen and oxygen atoms in total. The Balaban J connectivity index is 0. The highest BCUT2D eigenvalue weighted by Gasteiger charge is 2.31. The lowest BCUT2D eigenvalue weighted by molar-refractivity contribution is 0.0732. The minimum Gasteiger partial charge on any atom is -0.331 e. The van der Waals surface area contributed by atoms with E-state index in [1.807, 2.05) is 46.7 Å². The van der Waals surface area contributed by atoms with E-state index in [1.54, 1.807) is 4.90 Å². The summed E-state index contributed by atoms with van der Waals surface area (Å²) in [7, 11) is 5.75. The van der Waals surface area contributed by atoms with E-state index >= 15 is 0 Å². The van der Waals surface area contributed by atoms with Gasteiger partial charge in [-0.2, -0.15) is 0 Å². The number of hydrogen-bond acceptors (Lipinski definition) is 2. The zero-order valence-electron chi connectivity index (χ0n) is 14.5. The van der Waals surface area contributed by atoms with Crippen molar-refractivity contribution in [3.05, 3.63) is 0 Å². The number of hydrogen-bond donors (Lipinski definition) is 0. The van der Waals surface area contributed by atoms with Crippen LogP contribution in [0.15, 0.2) is 0 Å². The summed E-state index contributed by atoms with van der Waals surface area (Å²) in [6, 6.07) is 0.487. The van der Waals surface area contributed by atoms with Gasteiger partial charge in [0.2, 0.25) is 0 Å². The van der Waals surface area contributed by atoms with E-state index in [1.165, 1.54) is 0 Å². The summed E-state index contributed by atoms with van der Waals surface area (Å²) >= 11 is 0. The van der Waals surface area contributed by atoms with Gasteiger partial charge < -0.3 is 14.7 Å². The van der Waals surface area contributed by atoms with E-state index in [2.05, 4.69) is 25.8 Å². The van der Waals surface area contributed by atoms with Crippen molar-refractivity contribution < 1.29 is 4.79 Å². The molecule has 0 saturated carbocycles. The van der Waals surface area contributed by atoms with E-state index in [9.17, 15) is 4.79 Å². The Morgan fingerprint density at radius 3 is 1.95 bits per heavy atom. The minimum absolute atomic E-state index is 0.141. The van der Waals surface area contributed by atoms with Crippen LogP contribution in [0.3, 0.4) is 0 Å². The lowest BCUT2D eigenvalue weighted by atomic mass is 10.0. The van der Waals surface area contributed by atoms with Crippen LogP contribution >= 0.6 is 0 Å². The lowest BCUT2D eigenvalue weighted by Crippen LogP contribution is -2.58. The van der Waals surface area contributed by atoms with Crippen molar-refractivity contribution in [1.29, 1.82) is 0 Å². The molecule has 1 aliphatic heterocycles. The van der Waals surface area contributed by atoms with Gasteiger partial charge >= 0.3 is 6.03 Å². The first kappa shape index (κ1) is 20.5. The maximum Gasteiger partial charge on any atom is 0.319 e. The van der Waals surface area contributed by atoms with E-state index in [-0.39, 0.29) is 6.03 Å². The third-order valence-electron chi connectivity index (χ3n) is 3.02. The van der Waals surface area contributed by atoms with Crippen molar-refractivity contribution in [2.75, 3.05) is 40.8 Å². The molecule has 0 aromatic heterocycles. The molecule has 0 radical (unpaired) electrons. The Hall–Kier alpha value is -0.770. The number of carbonyl (C=O) groups is 1. The molecule has 1 fully saturated rings. The number of carbonyl (C=O) groups excluding carboxylic acids is 1. The summed E-state index contributed by atoms with van der Waals surface area (Å²) in [4.78, 5) is 17.9. The second-order valence-corrected chi connectivity index (χ2v) is 4.94. The Morgan fingerprint density at radius 2 is 1.58 bits per heavy atom. The molecule has 0 spiro atoms. The number of piperazine rings is 1. The van der Waals surface area contributed by atoms with Crippen molar-refractivity contribution >= 4 is 6.03 Å². The van der Waals surface area contributed by atoms with Gasteiger partial charge in [-0.15, -0.1) is 0 Å². The van der Waals surface area contributed by atoms with Crippen LogP contribution in [0.25, 0.3) is 0 Å². The predicted octanol–water partition coefficient (Wildman–Crippen LogP) is 2.99. The van der Waals surface area contributed by atoms with Crippen molar-refractivity contribution in [2.24, 2.45) is 5.92 Å². The fourth-order valence-corrected chi connectivity index (χ4v) is 2.02. The van der Waals surface area contributed by atoms with Crippen LogP contribution in [-0.2, 0) is 0 Å². The largest absolute Gasteiger partial charge is 0.331 e. The van der Waals surface area contributed by atoms with Gasteiger partial charge in [0.05, 0.1) is 0 Å². The fourth-order valence-electron chi connectivity index (χ4n) is 2.02. The van der Waals surface area contributed by atoms with Crippen molar-refractivity contribution in [1.82, 2.24) is 14.7 Å². The van der Waals surface area contributed by atoms with Crippen LogP contribution in [0.1, 0.15) is 41.5 Å². The molecule has 0 N–H and O–H groups in total. The van der Waals surface area contributed by atoms with Gasteiger partial charge in [-0.05, 0) is 13.0 Å². The highest BCUT2D eigenvalue weighted by molar-refractivity contribution is 5.74. The van der Waals surface area contributed by atoms with Crippen molar-refractivity contribution in [2.45, 2.75) is 47.6 Å². The standard InChI is InChI=1S/C11H23N3O.2C2H6/c1-9(2)10-8-13(5)6-7-14(10)11(15)12(3)4;2*1-2/h9-10H,6-8H2,1-5H3;2*1-2H3. The van der Waals surface area contributed by atoms with Gasteiger partial charge in [-0.25, -0.2) is 4.79 Å². The molecule has 1 aliphatic rings. The molecule has 0 aliphatic carbocycles. The smallest absolute Gasteiger partial charge is 0.319 e. The van der Waals surface area contributed by atoms with Crippen LogP contribution in [-0.4, -0.2) is 67.5 Å². The van der Waals surface area contributed by atoms with Gasteiger partial charge in [0.1, 0.15) is 0 Å². The summed E-state index contributed by atoms with van der Waals surface area (Å²) in [6.07, 6.45) is 0. The Bertz CT molecular complexity index is 229. The first-order valence-electron chi connectivity index (χ1n) is 7.60. The Labute approximate surface area is 120 Å². The molecular formula is C15H35N3O. The molecule has 1 rings (SSSR count). The van der Waals surface area contributed by atoms with Gasteiger partial charge in [0.15, 0.2) is 0 Å². The number of amides is 2. The first-order chi connectivity index (χ1) is 8.93. The molecule has 19 heavy (non-hydrogen) atoms. The topological polar surface area (TPSA) is 26.8 Å². The van der Waals surface area contributed by atoms with Gasteiger partial charge in [0, 0.05) is 39.8 Å². The van der Waals surface area contributed by atoms with E-state index in [0.29, 0.717) is 12.0 Å². The number of rotatable bonds is 1. The van der Waals surface area contributed by atoms with Crippen LogP contribution in [0, 0.1) is 5.92 Å². The molecule has 1 heterocycles. The zero-order chi connectivity index (χ0) is 15.6. The zero-order valence-corrected chi connectivity index (χ0v) is 14.5. The van der Waals surface area contributed by atoms with Crippen LogP contribution in [0.2, 0.25) is 0 Å². The summed E-state index contributed by atoms with van der Waals surface area (Å²) in [6.45, 7) is 15.2. The average molecular weight is 273 g/mol. The summed E-state index contributed by atoms with van der Waals surface area (Å²) in [5.41, 5.74) is 0. The third kappa shape index (κ3) is 6.81. The quantitative estimate of drug-likeness (QED) is 0.734. The molecule has 0 bridgehead atoms. The third-order valence-corrected chi connectivity index (χ3v) is 3.02. The molecular weight excluding hydrogens is 238 g/mol. The SMILES string of the molecule is CC.CC.CC(C)C1CN(C)CCN1C(=O)N(C)C. The maximum atomic E-state index is 12.0. The molecule has 2 amide bonds. The Morgan fingerprint density at radius 1 is 1.11 bits per heavy atom. The number of nitrogens with zero attached hydrogens (tertiary/aromatic N) is 3. The van der Waals surface area contributed by atoms with E-state index in [0.717, 1.165) is 19.6 Å². The minimum atomic E-state index is 0.141. The molecule has 1 unspecified atom stereocenters. The molecule has 0 aromatic carbocycles. The normalized spacial score (nSPS) is 19.1. The molecule has 4 heteroatoms. The maximum absolute atomic E-state index is 12.0. The average Bonchev–Trinajstić information content (AvgIpc) is 2.42. The van der Waals surface area contributed by atoms with Crippen LogP contribution < -0.4 is 0 Å². The highest BCUT2D eigenvalue weighted by Crippen LogP contribution is 2.17. The molecule has 116 valence electrons. The second-order valence-electron chi connectivity index (χ2n) is 4.94. The fraction of sp³-hybridized carbons (Fsp3) is 0.933. The summed E-state index contributed by atoms with van der Waals surface area (Å²) in [5, 5.41) is 0. The van der Waals surface area contributed by atoms with Crippen LogP contribution in [0.4, 0.5) is 4.79 Å². The molecule has 1 atom stereocenters. The molecule has 1 saturated heterocycles. The summed E-state index contributed by atoms with van der Waals surface area (Å²) in [5.74, 6) is 0.511. The van der Waals surface area contributed by atoms with Gasteiger partial charge in [0.25, 0.3) is 0 Å². The first-order valence-corrected chi connectivity index (χ1v) is 7.60. The Kier molecular flexibility index (Phi) is 12.0. The van der Waals surface area contributed by atoms with Crippen LogP contribution in [0.5, 0.6) is 0 Å².